The van der Waals surface area contributed by atoms with Gasteiger partial charge >= 0.3 is 11.9 Å². The first-order valence-corrected chi connectivity index (χ1v) is 21.4. The van der Waals surface area contributed by atoms with Gasteiger partial charge in [-0.05, 0) is 57.7 Å². The van der Waals surface area contributed by atoms with E-state index in [2.05, 4.69) is 52.8 Å². The number of aromatic hydroxyl groups is 1. The Bertz CT molecular complexity index is 2030. The molecule has 0 heterocycles. The molecule has 0 radical (unpaired) electrons. The first kappa shape index (κ1) is 60.3. The second-order valence-corrected chi connectivity index (χ2v) is 15.6. The number of nitrogens with two attached hydrogens (primary N) is 3. The van der Waals surface area contributed by atoms with Crippen molar-refractivity contribution in [2.24, 2.45) is 22.2 Å². The number of amides is 9. The van der Waals surface area contributed by atoms with E-state index in [1.165, 1.54) is 38.1 Å². The molecule has 1 aromatic rings. The fourth-order valence-electron chi connectivity index (χ4n) is 5.73. The van der Waals surface area contributed by atoms with Gasteiger partial charge in [-0.25, -0.2) is 4.79 Å². The molecule has 0 aromatic heterocycles. The zero-order chi connectivity index (χ0) is 53.2. The summed E-state index contributed by atoms with van der Waals surface area (Å²) in [5.74, 6) is -12.6. The van der Waals surface area contributed by atoms with Gasteiger partial charge in [-0.2, -0.15) is 0 Å². The van der Waals surface area contributed by atoms with E-state index in [1.54, 1.807) is 0 Å². The van der Waals surface area contributed by atoms with Gasteiger partial charge in [0.2, 0.25) is 53.2 Å². The number of hydrogen-bond acceptors (Lipinski definition) is 17. The molecular weight excluding hydrogens is 935 g/mol. The topological polar surface area (TPSA) is 508 Å². The minimum absolute atomic E-state index is 0.0215. The highest BCUT2D eigenvalue weighted by atomic mass is 16.4. The second kappa shape index (κ2) is 30.6. The van der Waals surface area contributed by atoms with Crippen molar-refractivity contribution >= 4 is 71.1 Å². The van der Waals surface area contributed by atoms with Crippen molar-refractivity contribution < 1.29 is 83.4 Å². The molecule has 0 saturated heterocycles. The number of guanidine groups is 1. The number of carbonyl (C=O) groups is 11. The number of rotatable bonds is 31. The van der Waals surface area contributed by atoms with E-state index in [4.69, 9.17) is 17.2 Å². The fourth-order valence-corrected chi connectivity index (χ4v) is 5.73. The maximum atomic E-state index is 13.6. The van der Waals surface area contributed by atoms with Crippen LogP contribution in [0.3, 0.4) is 0 Å². The number of carbonyl (C=O) groups excluding carboxylic acids is 9. The lowest BCUT2D eigenvalue weighted by atomic mass is 10.1. The van der Waals surface area contributed by atoms with Crippen molar-refractivity contribution in [3.8, 4) is 5.75 Å². The van der Waals surface area contributed by atoms with E-state index in [0.29, 0.717) is 5.56 Å². The number of benzene rings is 1. The van der Waals surface area contributed by atoms with Gasteiger partial charge < -0.3 is 95.7 Å². The number of carboxylic acids is 2. The molecule has 0 saturated carbocycles. The molecule has 30 nitrogen and oxygen atoms in total. The number of phenolic OH excluding ortho intramolecular Hbond substituents is 1. The summed E-state index contributed by atoms with van der Waals surface area (Å²) in [6, 6.07) is -6.82. The number of aliphatic hydroxyl groups is 3. The maximum Gasteiger partial charge on any atom is 0.326 e. The lowest BCUT2D eigenvalue weighted by molar-refractivity contribution is -0.141. The second-order valence-electron chi connectivity index (χ2n) is 15.6. The third-order valence-electron chi connectivity index (χ3n) is 9.59. The number of phenols is 1. The predicted molar refractivity (Wildman–Crippen MR) is 241 cm³/mol. The number of nitrogens with zero attached hydrogens (tertiary/aromatic N) is 1. The Morgan fingerprint density at radius 1 is 0.600 bits per heavy atom. The van der Waals surface area contributed by atoms with Gasteiger partial charge in [0.15, 0.2) is 5.96 Å². The molecule has 390 valence electrons. The largest absolute Gasteiger partial charge is 0.508 e. The molecule has 21 N–H and O–H groups in total. The van der Waals surface area contributed by atoms with Crippen LogP contribution in [0.25, 0.3) is 0 Å². The highest BCUT2D eigenvalue weighted by Crippen LogP contribution is 2.12. The normalized spacial score (nSPS) is 14.6. The fraction of sp³-hybridized carbons (Fsp3) is 0.550. The molecular formula is C40H63N13O17. The number of hydrogen-bond donors (Lipinski definition) is 18. The first-order chi connectivity index (χ1) is 32.8. The zero-order valence-corrected chi connectivity index (χ0v) is 38.4. The predicted octanol–water partition coefficient (Wildman–Crippen LogP) is -8.70. The average Bonchev–Trinajstić information content (AvgIpc) is 3.29. The monoisotopic (exact) mass is 997 g/mol. The summed E-state index contributed by atoms with van der Waals surface area (Å²) in [6.07, 6.45) is -3.08. The summed E-state index contributed by atoms with van der Waals surface area (Å²) in [4.78, 5) is 143. The SMILES string of the molecule is C[C@H](N)C(=O)N[C@H](C(=O)NCC(=O)N[C@@H](CO)C(=O)N[C@@H](C)C(=O)N[C@@H](CCCN=C(N)N)C(=O)N[C@@H](CO)C(=O)N[C@@H](CCC(=O)O)C(=O)NCC(=O)N[C@@H](Cc1ccc(O)cc1)C(=O)O)[C@@H](C)O. The summed E-state index contributed by atoms with van der Waals surface area (Å²) < 4.78 is 0. The third-order valence-corrected chi connectivity index (χ3v) is 9.59. The lowest BCUT2D eigenvalue weighted by Crippen LogP contribution is -2.60. The average molecular weight is 998 g/mol. The van der Waals surface area contributed by atoms with E-state index in [-0.39, 0.29) is 37.5 Å². The molecule has 0 unspecified atom stereocenters. The quantitative estimate of drug-likeness (QED) is 0.0187. The highest BCUT2D eigenvalue weighted by Gasteiger charge is 2.33. The molecule has 0 bridgehead atoms. The van der Waals surface area contributed by atoms with Crippen LogP contribution in [-0.2, 0) is 59.2 Å². The van der Waals surface area contributed by atoms with Crippen molar-refractivity contribution in [1.29, 1.82) is 0 Å². The summed E-state index contributed by atoms with van der Waals surface area (Å²) >= 11 is 0. The van der Waals surface area contributed by atoms with Crippen molar-refractivity contribution in [2.45, 2.75) is 107 Å². The van der Waals surface area contributed by atoms with Crippen molar-refractivity contribution in [3.05, 3.63) is 29.8 Å². The number of aliphatic hydroxyl groups excluding tert-OH is 3. The number of aliphatic imine (C=N–C) groups is 1. The Morgan fingerprint density at radius 2 is 1.09 bits per heavy atom. The molecule has 30 heteroatoms. The molecule has 0 spiro atoms. The Morgan fingerprint density at radius 3 is 1.60 bits per heavy atom. The van der Waals surface area contributed by atoms with Crippen LogP contribution in [0.1, 0.15) is 52.0 Å². The Kier molecular flexibility index (Phi) is 26.4. The Hall–Kier alpha value is -7.70. The molecule has 9 amide bonds. The van der Waals surface area contributed by atoms with Crippen molar-refractivity contribution in [2.75, 3.05) is 32.8 Å². The van der Waals surface area contributed by atoms with E-state index < -0.39 is 159 Å². The Labute approximate surface area is 399 Å². The first-order valence-electron chi connectivity index (χ1n) is 21.4. The van der Waals surface area contributed by atoms with E-state index in [9.17, 15) is 83.4 Å². The van der Waals surface area contributed by atoms with Crippen LogP contribution < -0.4 is 65.1 Å². The standard InChI is InChI=1S/C40H63N13O17/c1-18(41)32(62)53-31(20(3)56)38(68)46-15-29(59)49-26(16-54)36(66)47-19(2)33(63)50-23(5-4-12-44-40(42)43)35(65)52-27(17-55)37(67)51-24(10-11-30(60)61)34(64)45-14-28(58)48-25(39(69)70)13-21-6-8-22(57)9-7-21/h6-9,18-20,23-27,31,54-57H,4-5,10-17,41H2,1-3H3,(H,45,64)(H,46,68)(H,47,66)(H,48,58)(H,49,59)(H,50,63)(H,51,67)(H,52,65)(H,53,62)(H,60,61)(H,69,70)(H4,42,43,44)/t18-,19-,20+,23-,24-,25-,26-,27-,31-/m0/s1. The van der Waals surface area contributed by atoms with Crippen LogP contribution in [0.5, 0.6) is 5.75 Å². The van der Waals surface area contributed by atoms with Crippen LogP contribution in [-0.4, -0.2) is 189 Å². The van der Waals surface area contributed by atoms with Gasteiger partial charge in [-0.3, -0.25) is 52.9 Å². The minimum atomic E-state index is -1.86. The molecule has 1 rings (SSSR count). The number of aliphatic carboxylic acids is 2. The third kappa shape index (κ3) is 22.9. The number of nitrogens with one attached hydrogen (secondary N) is 9. The van der Waals surface area contributed by atoms with Gasteiger partial charge in [0.25, 0.3) is 0 Å². The van der Waals surface area contributed by atoms with E-state index >= 15 is 0 Å². The van der Waals surface area contributed by atoms with E-state index in [0.717, 1.165) is 6.92 Å². The summed E-state index contributed by atoms with van der Waals surface area (Å²) in [5.41, 5.74) is 16.6. The van der Waals surface area contributed by atoms with Crippen LogP contribution in [0, 0.1) is 0 Å². The smallest absolute Gasteiger partial charge is 0.326 e. The molecule has 0 aliphatic rings. The van der Waals surface area contributed by atoms with Crippen molar-refractivity contribution in [3.63, 3.8) is 0 Å². The molecule has 0 aliphatic heterocycles. The molecule has 1 aromatic carbocycles. The highest BCUT2D eigenvalue weighted by molar-refractivity contribution is 5.98. The molecule has 70 heavy (non-hydrogen) atoms. The van der Waals surface area contributed by atoms with Crippen LogP contribution in [0.4, 0.5) is 0 Å². The minimum Gasteiger partial charge on any atom is -0.508 e. The summed E-state index contributed by atoms with van der Waals surface area (Å²) in [7, 11) is 0. The summed E-state index contributed by atoms with van der Waals surface area (Å²) in [6.45, 7) is -0.146. The van der Waals surface area contributed by atoms with Gasteiger partial charge in [0.05, 0.1) is 38.4 Å². The van der Waals surface area contributed by atoms with Crippen LogP contribution in [0.15, 0.2) is 29.3 Å². The molecule has 9 atom stereocenters. The lowest BCUT2D eigenvalue weighted by Gasteiger charge is -2.25. The van der Waals surface area contributed by atoms with Crippen molar-refractivity contribution in [1.82, 2.24) is 47.9 Å². The number of carboxylic acid groups (broad SMARTS) is 2. The molecule has 0 aliphatic carbocycles. The summed E-state index contributed by atoms with van der Waals surface area (Å²) in [5, 5.41) is 77.9. The molecule has 0 fully saturated rings. The van der Waals surface area contributed by atoms with Gasteiger partial charge in [-0.1, -0.05) is 12.1 Å². The van der Waals surface area contributed by atoms with Gasteiger partial charge in [0.1, 0.15) is 48.0 Å². The van der Waals surface area contributed by atoms with Gasteiger partial charge in [-0.15, -0.1) is 0 Å². The van der Waals surface area contributed by atoms with Gasteiger partial charge in [0, 0.05) is 19.4 Å². The van der Waals surface area contributed by atoms with Crippen LogP contribution in [0.2, 0.25) is 0 Å². The zero-order valence-electron chi connectivity index (χ0n) is 38.4. The van der Waals surface area contributed by atoms with Crippen LogP contribution >= 0.6 is 0 Å². The maximum absolute atomic E-state index is 13.6. The Balaban J connectivity index is 3.05. The van der Waals surface area contributed by atoms with E-state index in [1.807, 2.05) is 0 Å².